The molecule has 3 aromatic rings. The lowest BCUT2D eigenvalue weighted by molar-refractivity contribution is -0.384. The Bertz CT molecular complexity index is 846. The van der Waals surface area contributed by atoms with Crippen molar-refractivity contribution in [3.63, 3.8) is 0 Å². The highest BCUT2D eigenvalue weighted by Crippen LogP contribution is 2.22. The first-order chi connectivity index (χ1) is 10.6. The molecule has 5 nitrogen and oxygen atoms in total. The Balaban J connectivity index is 1.88. The van der Waals surface area contributed by atoms with Gasteiger partial charge in [-0.3, -0.25) is 15.1 Å². The number of fused-ring (bicyclic) bond motifs is 1. The fourth-order valence-electron chi connectivity index (χ4n) is 2.30. The molecule has 0 atom stereocenters. The Morgan fingerprint density at radius 2 is 2.09 bits per heavy atom. The van der Waals surface area contributed by atoms with Gasteiger partial charge in [-0.2, -0.15) is 0 Å². The van der Waals surface area contributed by atoms with Crippen molar-refractivity contribution in [2.75, 3.05) is 0 Å². The molecule has 0 spiro atoms. The zero-order chi connectivity index (χ0) is 15.5. The minimum absolute atomic E-state index is 0.00971. The van der Waals surface area contributed by atoms with Gasteiger partial charge in [-0.05, 0) is 25.1 Å². The van der Waals surface area contributed by atoms with Gasteiger partial charge >= 0.3 is 0 Å². The van der Waals surface area contributed by atoms with Gasteiger partial charge in [-0.15, -0.1) is 0 Å². The monoisotopic (exact) mass is 293 g/mol. The second kappa shape index (κ2) is 5.81. The number of nitro groups is 1. The maximum absolute atomic E-state index is 10.8. The number of benzene rings is 2. The number of ether oxygens (including phenoxy) is 1. The van der Waals surface area contributed by atoms with E-state index >= 15 is 0 Å². The molecule has 1 radical (unpaired) electrons. The summed E-state index contributed by atoms with van der Waals surface area (Å²) >= 11 is 0. The Labute approximate surface area is 127 Å². The lowest BCUT2D eigenvalue weighted by Gasteiger charge is -2.09. The SMILES string of the molecule is Cc1cc(COc2[c]ccc([N+](=O)[O-])c2)c2ccccc2n1. The summed E-state index contributed by atoms with van der Waals surface area (Å²) in [4.78, 5) is 14.8. The molecule has 0 amide bonds. The van der Waals surface area contributed by atoms with Crippen LogP contribution < -0.4 is 4.74 Å². The molecule has 0 saturated heterocycles. The summed E-state index contributed by atoms with van der Waals surface area (Å²) in [5.41, 5.74) is 2.79. The first kappa shape index (κ1) is 14.0. The lowest BCUT2D eigenvalue weighted by atomic mass is 10.1. The number of aromatic nitrogens is 1. The number of non-ortho nitro benzene ring substituents is 1. The fourth-order valence-corrected chi connectivity index (χ4v) is 2.30. The molecule has 0 fully saturated rings. The van der Waals surface area contributed by atoms with Gasteiger partial charge in [0.15, 0.2) is 0 Å². The summed E-state index contributed by atoms with van der Waals surface area (Å²) in [7, 11) is 0. The smallest absolute Gasteiger partial charge is 0.273 e. The second-order valence-electron chi connectivity index (χ2n) is 4.90. The molecule has 109 valence electrons. The van der Waals surface area contributed by atoms with Gasteiger partial charge in [0.1, 0.15) is 12.4 Å². The van der Waals surface area contributed by atoms with Gasteiger partial charge in [0.2, 0.25) is 0 Å². The number of hydrogen-bond acceptors (Lipinski definition) is 4. The third-order valence-corrected chi connectivity index (χ3v) is 3.28. The van der Waals surface area contributed by atoms with Crippen LogP contribution in [0.5, 0.6) is 5.75 Å². The average Bonchev–Trinajstić information content (AvgIpc) is 2.52. The number of pyridine rings is 1. The van der Waals surface area contributed by atoms with Crippen LogP contribution in [0.25, 0.3) is 10.9 Å². The van der Waals surface area contributed by atoms with E-state index in [0.717, 1.165) is 22.2 Å². The van der Waals surface area contributed by atoms with Gasteiger partial charge in [0.25, 0.3) is 5.69 Å². The maximum Gasteiger partial charge on any atom is 0.273 e. The number of hydrogen-bond donors (Lipinski definition) is 0. The van der Waals surface area contributed by atoms with Crippen molar-refractivity contribution >= 4 is 16.6 Å². The molecule has 22 heavy (non-hydrogen) atoms. The molecule has 3 rings (SSSR count). The summed E-state index contributed by atoms with van der Waals surface area (Å²) in [5, 5.41) is 11.8. The van der Waals surface area contributed by atoms with Crippen LogP contribution in [0, 0.1) is 23.1 Å². The van der Waals surface area contributed by atoms with Crippen LogP contribution in [-0.4, -0.2) is 9.91 Å². The number of nitro benzene ring substituents is 1. The van der Waals surface area contributed by atoms with Crippen LogP contribution >= 0.6 is 0 Å². The molecule has 0 unspecified atom stereocenters. The van der Waals surface area contributed by atoms with Gasteiger partial charge in [0.05, 0.1) is 16.5 Å². The van der Waals surface area contributed by atoms with Crippen molar-refractivity contribution in [3.05, 3.63) is 76.0 Å². The quantitative estimate of drug-likeness (QED) is 0.541. The molecule has 0 bridgehead atoms. The molecule has 5 heteroatoms. The average molecular weight is 293 g/mol. The summed E-state index contributed by atoms with van der Waals surface area (Å²) < 4.78 is 5.66. The minimum Gasteiger partial charge on any atom is -0.488 e. The van der Waals surface area contributed by atoms with E-state index in [1.54, 1.807) is 0 Å². The highest BCUT2D eigenvalue weighted by Gasteiger charge is 2.08. The van der Waals surface area contributed by atoms with Crippen LogP contribution in [0.15, 0.2) is 48.5 Å². The summed E-state index contributed by atoms with van der Waals surface area (Å²) in [6.45, 7) is 2.23. The van der Waals surface area contributed by atoms with Gasteiger partial charge < -0.3 is 4.74 Å². The van der Waals surface area contributed by atoms with Crippen LogP contribution in [0.4, 0.5) is 5.69 Å². The van der Waals surface area contributed by atoms with Gasteiger partial charge in [-0.1, -0.05) is 18.2 Å². The largest absolute Gasteiger partial charge is 0.488 e. The van der Waals surface area contributed by atoms with Crippen LogP contribution in [0.1, 0.15) is 11.3 Å². The lowest BCUT2D eigenvalue weighted by Crippen LogP contribution is -1.99. The van der Waals surface area contributed by atoms with Crippen molar-refractivity contribution in [1.29, 1.82) is 0 Å². The Morgan fingerprint density at radius 1 is 1.27 bits per heavy atom. The number of nitrogens with zero attached hydrogens (tertiary/aromatic N) is 2. The molecular formula is C17H13N2O3. The molecule has 1 heterocycles. The first-order valence-corrected chi connectivity index (χ1v) is 6.78. The molecule has 0 N–H and O–H groups in total. The van der Waals surface area contributed by atoms with E-state index in [9.17, 15) is 10.1 Å². The molecule has 0 aliphatic heterocycles. The normalized spacial score (nSPS) is 10.6. The zero-order valence-corrected chi connectivity index (χ0v) is 11.9. The Morgan fingerprint density at radius 3 is 2.91 bits per heavy atom. The van der Waals surface area contributed by atoms with Crippen molar-refractivity contribution in [3.8, 4) is 5.75 Å². The van der Waals surface area contributed by atoms with E-state index in [-0.39, 0.29) is 5.69 Å². The summed E-state index contributed by atoms with van der Waals surface area (Å²) in [6, 6.07) is 16.9. The van der Waals surface area contributed by atoms with E-state index in [0.29, 0.717) is 12.4 Å². The van der Waals surface area contributed by atoms with Crippen LogP contribution in [0.3, 0.4) is 0 Å². The van der Waals surface area contributed by atoms with Gasteiger partial charge in [-0.25, -0.2) is 0 Å². The van der Waals surface area contributed by atoms with E-state index in [2.05, 4.69) is 11.1 Å². The predicted octanol–water partition coefficient (Wildman–Crippen LogP) is 3.83. The van der Waals surface area contributed by atoms with Crippen LogP contribution in [0.2, 0.25) is 0 Å². The Hall–Kier alpha value is -2.95. The van der Waals surface area contributed by atoms with Crippen molar-refractivity contribution in [2.45, 2.75) is 13.5 Å². The highest BCUT2D eigenvalue weighted by molar-refractivity contribution is 5.82. The van der Waals surface area contributed by atoms with E-state index in [4.69, 9.17) is 4.74 Å². The first-order valence-electron chi connectivity index (χ1n) is 6.78. The van der Waals surface area contributed by atoms with Crippen molar-refractivity contribution in [2.24, 2.45) is 0 Å². The fraction of sp³-hybridized carbons (Fsp3) is 0.118. The molecule has 2 aromatic carbocycles. The molecular weight excluding hydrogens is 280 g/mol. The Kier molecular flexibility index (Phi) is 3.70. The standard InChI is InChI=1S/C17H13N2O3/c1-12-9-13(16-7-2-3-8-17(16)18-12)11-22-15-6-4-5-14(10-15)19(20)21/h2-5,7-10H,11H2,1H3. The third-order valence-electron chi connectivity index (χ3n) is 3.28. The highest BCUT2D eigenvalue weighted by atomic mass is 16.6. The maximum atomic E-state index is 10.8. The number of para-hydroxylation sites is 1. The number of aryl methyl sites for hydroxylation is 1. The predicted molar refractivity (Wildman–Crippen MR) is 82.7 cm³/mol. The number of rotatable bonds is 4. The molecule has 0 saturated carbocycles. The van der Waals surface area contributed by atoms with Gasteiger partial charge in [0, 0.05) is 28.8 Å². The van der Waals surface area contributed by atoms with E-state index in [1.165, 1.54) is 18.2 Å². The van der Waals surface area contributed by atoms with Crippen LogP contribution in [-0.2, 0) is 6.61 Å². The molecule has 1 aromatic heterocycles. The molecule has 0 aliphatic carbocycles. The molecule has 0 aliphatic rings. The summed E-state index contributed by atoms with van der Waals surface area (Å²) in [5.74, 6) is 0.354. The second-order valence-corrected chi connectivity index (χ2v) is 4.90. The minimum atomic E-state index is -0.452. The third kappa shape index (κ3) is 2.88. The topological polar surface area (TPSA) is 65.3 Å². The van der Waals surface area contributed by atoms with Crippen molar-refractivity contribution in [1.82, 2.24) is 4.98 Å². The zero-order valence-electron chi connectivity index (χ0n) is 11.9. The van der Waals surface area contributed by atoms with E-state index < -0.39 is 4.92 Å². The van der Waals surface area contributed by atoms with Crippen molar-refractivity contribution < 1.29 is 9.66 Å². The van der Waals surface area contributed by atoms with E-state index in [1.807, 2.05) is 37.3 Å². The summed E-state index contributed by atoms with van der Waals surface area (Å²) in [6.07, 6.45) is 0.